The summed E-state index contributed by atoms with van der Waals surface area (Å²) in [7, 11) is 1.82. The Bertz CT molecular complexity index is 419. The molecule has 1 aromatic rings. The lowest BCUT2D eigenvalue weighted by atomic mass is 10.3. The maximum atomic E-state index is 6.28. The van der Waals surface area contributed by atoms with Crippen LogP contribution >= 0.6 is 23.2 Å². The molecule has 100 valence electrons. The highest BCUT2D eigenvalue weighted by Crippen LogP contribution is 2.35. The summed E-state index contributed by atoms with van der Waals surface area (Å²) in [5.41, 5.74) is 0. The van der Waals surface area contributed by atoms with Crippen LogP contribution in [0, 0.1) is 5.92 Å². The maximum Gasteiger partial charge on any atom is 0.149 e. The molecule has 0 aliphatic heterocycles. The number of anilines is 2. The van der Waals surface area contributed by atoms with E-state index in [1.54, 1.807) is 6.07 Å². The number of rotatable bonds is 6. The van der Waals surface area contributed by atoms with Gasteiger partial charge in [-0.2, -0.15) is 0 Å². The van der Waals surface area contributed by atoms with E-state index in [9.17, 15) is 0 Å². The number of hydrogen-bond acceptors (Lipinski definition) is 3. The van der Waals surface area contributed by atoms with Crippen LogP contribution in [0.3, 0.4) is 0 Å². The molecule has 0 amide bonds. The average molecular weight is 288 g/mol. The average Bonchev–Trinajstić information content (AvgIpc) is 3.13. The third-order valence-electron chi connectivity index (χ3n) is 3.12. The standard InChI is InChI=1S/C13H19Cl2N3/c1-3-6-18(8-9-4-5-9)13-11(15)7-10(14)12(16-2)17-13/h7,9H,3-6,8H2,1-2H3,(H,16,17). The Morgan fingerprint density at radius 1 is 1.39 bits per heavy atom. The van der Waals surface area contributed by atoms with Crippen LogP contribution < -0.4 is 10.2 Å². The van der Waals surface area contributed by atoms with Crippen LogP contribution in [0.15, 0.2) is 6.07 Å². The first kappa shape index (κ1) is 13.8. The fourth-order valence-corrected chi connectivity index (χ4v) is 2.59. The van der Waals surface area contributed by atoms with Crippen molar-refractivity contribution < 1.29 is 0 Å². The summed E-state index contributed by atoms with van der Waals surface area (Å²) in [4.78, 5) is 6.82. The van der Waals surface area contributed by atoms with Gasteiger partial charge in [-0.3, -0.25) is 0 Å². The molecule has 1 heterocycles. The highest BCUT2D eigenvalue weighted by Gasteiger charge is 2.26. The van der Waals surface area contributed by atoms with Gasteiger partial charge in [0.2, 0.25) is 0 Å². The Kier molecular flexibility index (Phi) is 4.57. The molecule has 0 aromatic carbocycles. The SMILES string of the molecule is CCCN(CC1CC1)c1nc(NC)c(Cl)cc1Cl. The van der Waals surface area contributed by atoms with Crippen molar-refractivity contribution in [2.75, 3.05) is 30.4 Å². The van der Waals surface area contributed by atoms with Gasteiger partial charge in [0.25, 0.3) is 0 Å². The number of hydrogen-bond donors (Lipinski definition) is 1. The largest absolute Gasteiger partial charge is 0.372 e. The lowest BCUT2D eigenvalue weighted by molar-refractivity contribution is 0.700. The third-order valence-corrected chi connectivity index (χ3v) is 3.68. The molecule has 18 heavy (non-hydrogen) atoms. The first-order valence-corrected chi connectivity index (χ1v) is 7.20. The molecule has 0 radical (unpaired) electrons. The van der Waals surface area contributed by atoms with Gasteiger partial charge in [-0.15, -0.1) is 0 Å². The van der Waals surface area contributed by atoms with E-state index in [0.29, 0.717) is 15.9 Å². The smallest absolute Gasteiger partial charge is 0.149 e. The summed E-state index contributed by atoms with van der Waals surface area (Å²) < 4.78 is 0. The molecule has 2 rings (SSSR count). The summed E-state index contributed by atoms with van der Waals surface area (Å²) in [6.45, 7) is 4.20. The number of halogens is 2. The Balaban J connectivity index is 2.26. The van der Waals surface area contributed by atoms with E-state index in [0.717, 1.165) is 31.2 Å². The van der Waals surface area contributed by atoms with Crippen molar-refractivity contribution in [3.05, 3.63) is 16.1 Å². The number of aromatic nitrogens is 1. The van der Waals surface area contributed by atoms with Crippen molar-refractivity contribution in [3.8, 4) is 0 Å². The van der Waals surface area contributed by atoms with E-state index >= 15 is 0 Å². The molecule has 5 heteroatoms. The van der Waals surface area contributed by atoms with Crippen LogP contribution in [0.25, 0.3) is 0 Å². The highest BCUT2D eigenvalue weighted by molar-refractivity contribution is 6.37. The molecule has 0 saturated heterocycles. The van der Waals surface area contributed by atoms with Crippen LogP contribution in [0.5, 0.6) is 0 Å². The van der Waals surface area contributed by atoms with Crippen molar-refractivity contribution in [2.24, 2.45) is 5.92 Å². The van der Waals surface area contributed by atoms with Gasteiger partial charge in [0.05, 0.1) is 10.0 Å². The fourth-order valence-electron chi connectivity index (χ4n) is 2.02. The summed E-state index contributed by atoms with van der Waals surface area (Å²) in [6.07, 6.45) is 3.73. The molecule has 1 aromatic heterocycles. The van der Waals surface area contributed by atoms with Gasteiger partial charge in [-0.05, 0) is 31.2 Å². The molecule has 1 aliphatic carbocycles. The van der Waals surface area contributed by atoms with E-state index < -0.39 is 0 Å². The van der Waals surface area contributed by atoms with Crippen LogP contribution in [0.1, 0.15) is 26.2 Å². The molecule has 0 unspecified atom stereocenters. The topological polar surface area (TPSA) is 28.2 Å². The Morgan fingerprint density at radius 2 is 2.11 bits per heavy atom. The second kappa shape index (κ2) is 5.98. The summed E-state index contributed by atoms with van der Waals surface area (Å²) in [5, 5.41) is 4.20. The Morgan fingerprint density at radius 3 is 2.67 bits per heavy atom. The zero-order valence-electron chi connectivity index (χ0n) is 10.8. The van der Waals surface area contributed by atoms with E-state index in [4.69, 9.17) is 23.2 Å². The molecule has 3 nitrogen and oxygen atoms in total. The molecule has 1 saturated carbocycles. The van der Waals surface area contributed by atoms with E-state index in [1.807, 2.05) is 7.05 Å². The van der Waals surface area contributed by atoms with Gasteiger partial charge < -0.3 is 10.2 Å². The minimum Gasteiger partial charge on any atom is -0.372 e. The Hall–Kier alpha value is -0.670. The van der Waals surface area contributed by atoms with E-state index in [-0.39, 0.29) is 0 Å². The van der Waals surface area contributed by atoms with Gasteiger partial charge in [0, 0.05) is 20.1 Å². The highest BCUT2D eigenvalue weighted by atomic mass is 35.5. The van der Waals surface area contributed by atoms with Crippen molar-refractivity contribution in [1.29, 1.82) is 0 Å². The molecule has 1 aliphatic rings. The Labute approximate surface area is 118 Å². The molecular formula is C13H19Cl2N3. The van der Waals surface area contributed by atoms with Gasteiger partial charge >= 0.3 is 0 Å². The minimum absolute atomic E-state index is 0.564. The molecular weight excluding hydrogens is 269 g/mol. The normalized spacial score (nSPS) is 14.7. The minimum atomic E-state index is 0.564. The van der Waals surface area contributed by atoms with Gasteiger partial charge in [-0.1, -0.05) is 30.1 Å². The van der Waals surface area contributed by atoms with Gasteiger partial charge in [0.1, 0.15) is 11.6 Å². The van der Waals surface area contributed by atoms with Crippen molar-refractivity contribution in [3.63, 3.8) is 0 Å². The predicted octanol–water partition coefficient (Wildman–Crippen LogP) is 4.06. The molecule has 0 spiro atoms. The number of nitrogens with one attached hydrogen (secondary N) is 1. The maximum absolute atomic E-state index is 6.28. The van der Waals surface area contributed by atoms with Crippen LogP contribution in [0.2, 0.25) is 10.0 Å². The molecule has 1 N–H and O–H groups in total. The third kappa shape index (κ3) is 3.21. The quantitative estimate of drug-likeness (QED) is 0.855. The summed E-state index contributed by atoms with van der Waals surface area (Å²) in [5.74, 6) is 2.34. The first-order valence-electron chi connectivity index (χ1n) is 6.44. The van der Waals surface area contributed by atoms with Crippen LogP contribution in [0.4, 0.5) is 11.6 Å². The second-order valence-corrected chi connectivity index (χ2v) is 5.58. The monoisotopic (exact) mass is 287 g/mol. The lowest BCUT2D eigenvalue weighted by Crippen LogP contribution is -2.28. The number of pyridine rings is 1. The molecule has 1 fully saturated rings. The zero-order valence-corrected chi connectivity index (χ0v) is 12.4. The van der Waals surface area contributed by atoms with E-state index in [1.165, 1.54) is 12.8 Å². The van der Waals surface area contributed by atoms with Gasteiger partial charge in [0.15, 0.2) is 0 Å². The van der Waals surface area contributed by atoms with Crippen molar-refractivity contribution >= 4 is 34.8 Å². The van der Waals surface area contributed by atoms with Crippen LogP contribution in [-0.4, -0.2) is 25.1 Å². The molecule has 0 atom stereocenters. The van der Waals surface area contributed by atoms with Crippen molar-refractivity contribution in [2.45, 2.75) is 26.2 Å². The predicted molar refractivity (Wildman–Crippen MR) is 79.0 cm³/mol. The summed E-state index contributed by atoms with van der Waals surface area (Å²) in [6, 6.07) is 1.77. The van der Waals surface area contributed by atoms with Gasteiger partial charge in [-0.25, -0.2) is 4.98 Å². The molecule has 0 bridgehead atoms. The first-order chi connectivity index (χ1) is 8.65. The van der Waals surface area contributed by atoms with Crippen molar-refractivity contribution in [1.82, 2.24) is 4.98 Å². The lowest BCUT2D eigenvalue weighted by Gasteiger charge is -2.25. The second-order valence-electron chi connectivity index (χ2n) is 4.76. The van der Waals surface area contributed by atoms with E-state index in [2.05, 4.69) is 22.1 Å². The van der Waals surface area contributed by atoms with Crippen LogP contribution in [-0.2, 0) is 0 Å². The fraction of sp³-hybridized carbons (Fsp3) is 0.615. The number of nitrogens with zero attached hydrogens (tertiary/aromatic N) is 2. The summed E-state index contributed by atoms with van der Waals surface area (Å²) >= 11 is 12.3. The zero-order chi connectivity index (χ0) is 13.1.